The number of methoxy groups -OCH3 is 2. The molecule has 0 saturated heterocycles. The summed E-state index contributed by atoms with van der Waals surface area (Å²) in [5, 5.41) is 0. The summed E-state index contributed by atoms with van der Waals surface area (Å²) in [5.41, 5.74) is 0.979. The smallest absolute Gasteiger partial charge is 0.243 e. The second-order valence-electron chi connectivity index (χ2n) is 8.17. The molecule has 0 spiro atoms. The maximum Gasteiger partial charge on any atom is 0.243 e. The van der Waals surface area contributed by atoms with Gasteiger partial charge in [0.1, 0.15) is 0 Å². The molecule has 0 atom stereocenters. The Hall–Kier alpha value is -3.14. The molecule has 9 heteroatoms. The maximum absolute atomic E-state index is 13.5. The molecule has 3 rings (SSSR count). The van der Waals surface area contributed by atoms with Crippen LogP contribution in [0.2, 0.25) is 0 Å². The van der Waals surface area contributed by atoms with Gasteiger partial charge >= 0.3 is 0 Å². The first-order valence-electron chi connectivity index (χ1n) is 11.5. The predicted octanol–water partition coefficient (Wildman–Crippen LogP) is 4.52. The summed E-state index contributed by atoms with van der Waals surface area (Å²) in [5.74, 6) is 0.977. The zero-order chi connectivity index (χ0) is 26.1. The van der Waals surface area contributed by atoms with Crippen LogP contribution in [0.15, 0.2) is 78.2 Å². The lowest BCUT2D eigenvalue weighted by atomic mass is 10.1. The number of carbonyl (C=O) groups is 1. The number of amides is 1. The Bertz CT molecular complexity index is 1270. The summed E-state index contributed by atoms with van der Waals surface area (Å²) in [6, 6.07) is 17.8. The molecule has 0 saturated carbocycles. The first kappa shape index (κ1) is 27.4. The maximum atomic E-state index is 13.5. The van der Waals surface area contributed by atoms with Crippen molar-refractivity contribution in [3.05, 3.63) is 88.6 Å². The minimum Gasteiger partial charge on any atom is -0.493 e. The number of hydrogen-bond donors (Lipinski definition) is 0. The van der Waals surface area contributed by atoms with Crippen molar-refractivity contribution in [2.45, 2.75) is 24.8 Å². The predicted molar refractivity (Wildman–Crippen MR) is 143 cm³/mol. The number of carbonyl (C=O) groups excluding carboxylic acids is 1. The second kappa shape index (κ2) is 12.7. The number of nitrogens with zero attached hydrogens (tertiary/aromatic N) is 2. The highest BCUT2D eigenvalue weighted by molar-refractivity contribution is 7.89. The molecule has 7 nitrogen and oxygen atoms in total. The standard InChI is InChI=1S/C27H32N2O5S2/c1-5-16-29(36(31,32)24-9-7-6-8-10-24)20-27(30)28(19-23-13-11-21(2)35-23)17-15-22-12-14-25(33-3)26(18-22)34-4/h5-14,18H,1,15-17,19-20H2,2-4H3. The summed E-state index contributed by atoms with van der Waals surface area (Å²) < 4.78 is 38.4. The summed E-state index contributed by atoms with van der Waals surface area (Å²) in [6.07, 6.45) is 2.06. The number of benzene rings is 2. The summed E-state index contributed by atoms with van der Waals surface area (Å²) in [6.45, 7) is 6.27. The van der Waals surface area contributed by atoms with E-state index in [1.807, 2.05) is 37.3 Å². The average molecular weight is 529 g/mol. The molecule has 36 heavy (non-hydrogen) atoms. The van der Waals surface area contributed by atoms with Crippen molar-refractivity contribution in [1.29, 1.82) is 0 Å². The van der Waals surface area contributed by atoms with E-state index in [4.69, 9.17) is 9.47 Å². The molecule has 1 aromatic heterocycles. The van der Waals surface area contributed by atoms with E-state index in [0.717, 1.165) is 15.3 Å². The topological polar surface area (TPSA) is 76.2 Å². The van der Waals surface area contributed by atoms with Crippen LogP contribution in [0.5, 0.6) is 11.5 Å². The van der Waals surface area contributed by atoms with Gasteiger partial charge in [0, 0.05) is 22.8 Å². The minimum absolute atomic E-state index is 0.0323. The minimum atomic E-state index is -3.86. The SMILES string of the molecule is C=CCN(CC(=O)N(CCc1ccc(OC)c(OC)c1)Cc1ccc(C)s1)S(=O)(=O)c1ccccc1. The molecule has 0 N–H and O–H groups in total. The average Bonchev–Trinajstić information content (AvgIpc) is 3.30. The van der Waals surface area contributed by atoms with Crippen LogP contribution in [0.3, 0.4) is 0 Å². The van der Waals surface area contributed by atoms with Gasteiger partial charge in [-0.2, -0.15) is 4.31 Å². The molecule has 0 radical (unpaired) electrons. The molecule has 0 aliphatic rings. The van der Waals surface area contributed by atoms with E-state index in [9.17, 15) is 13.2 Å². The third-order valence-electron chi connectivity index (χ3n) is 5.64. The number of thiophene rings is 1. The Labute approximate surface area is 217 Å². The van der Waals surface area contributed by atoms with Gasteiger partial charge < -0.3 is 14.4 Å². The molecule has 1 heterocycles. The van der Waals surface area contributed by atoms with Crippen LogP contribution in [-0.4, -0.2) is 57.4 Å². The van der Waals surface area contributed by atoms with Gasteiger partial charge in [-0.3, -0.25) is 4.79 Å². The quantitative estimate of drug-likeness (QED) is 0.305. The van der Waals surface area contributed by atoms with E-state index >= 15 is 0 Å². The number of rotatable bonds is 13. The van der Waals surface area contributed by atoms with Gasteiger partial charge in [-0.25, -0.2) is 8.42 Å². The summed E-state index contributed by atoms with van der Waals surface area (Å²) in [4.78, 5) is 17.5. The van der Waals surface area contributed by atoms with Gasteiger partial charge in [0.05, 0.1) is 32.2 Å². The van der Waals surface area contributed by atoms with E-state index < -0.39 is 10.0 Å². The highest BCUT2D eigenvalue weighted by atomic mass is 32.2. The van der Waals surface area contributed by atoms with Crippen LogP contribution in [-0.2, 0) is 27.8 Å². The molecule has 0 unspecified atom stereocenters. The fraction of sp³-hybridized carbons (Fsp3) is 0.296. The molecule has 0 aliphatic heterocycles. The van der Waals surface area contributed by atoms with Crippen molar-refractivity contribution in [3.63, 3.8) is 0 Å². The molecule has 3 aromatic rings. The second-order valence-corrected chi connectivity index (χ2v) is 11.5. The zero-order valence-electron chi connectivity index (χ0n) is 20.8. The molecule has 2 aromatic carbocycles. The molecular weight excluding hydrogens is 496 g/mol. The van der Waals surface area contributed by atoms with Gasteiger partial charge in [-0.15, -0.1) is 17.9 Å². The van der Waals surface area contributed by atoms with E-state index in [1.165, 1.54) is 22.5 Å². The van der Waals surface area contributed by atoms with Crippen molar-refractivity contribution >= 4 is 27.3 Å². The fourth-order valence-corrected chi connectivity index (χ4v) is 6.02. The van der Waals surface area contributed by atoms with Gasteiger partial charge in [-0.05, 0) is 55.3 Å². The Morgan fingerprint density at radius 1 is 1.03 bits per heavy atom. The molecule has 0 fully saturated rings. The Kier molecular flexibility index (Phi) is 9.69. The number of aryl methyl sites for hydroxylation is 1. The molecular formula is C27H32N2O5S2. The summed E-state index contributed by atoms with van der Waals surface area (Å²) in [7, 11) is -0.694. The largest absolute Gasteiger partial charge is 0.493 e. The van der Waals surface area contributed by atoms with E-state index in [1.54, 1.807) is 48.7 Å². The van der Waals surface area contributed by atoms with Crippen LogP contribution in [0.25, 0.3) is 0 Å². The number of sulfonamides is 1. The van der Waals surface area contributed by atoms with E-state index in [0.29, 0.717) is 31.0 Å². The highest BCUT2D eigenvalue weighted by Crippen LogP contribution is 2.28. The van der Waals surface area contributed by atoms with Gasteiger partial charge in [0.15, 0.2) is 11.5 Å². The first-order valence-corrected chi connectivity index (χ1v) is 13.7. The van der Waals surface area contributed by atoms with E-state index in [-0.39, 0.29) is 23.9 Å². The Balaban J connectivity index is 1.82. The first-order chi connectivity index (χ1) is 17.3. The van der Waals surface area contributed by atoms with Crippen molar-refractivity contribution < 1.29 is 22.7 Å². The number of hydrogen-bond acceptors (Lipinski definition) is 6. The van der Waals surface area contributed by atoms with Crippen molar-refractivity contribution in [1.82, 2.24) is 9.21 Å². The van der Waals surface area contributed by atoms with Crippen molar-refractivity contribution in [2.24, 2.45) is 0 Å². The Morgan fingerprint density at radius 3 is 2.36 bits per heavy atom. The third kappa shape index (κ3) is 6.96. The molecule has 0 bridgehead atoms. The van der Waals surface area contributed by atoms with Crippen LogP contribution in [0.4, 0.5) is 0 Å². The monoisotopic (exact) mass is 528 g/mol. The van der Waals surface area contributed by atoms with Crippen molar-refractivity contribution in [3.8, 4) is 11.5 Å². The molecule has 192 valence electrons. The molecule has 0 aliphatic carbocycles. The van der Waals surface area contributed by atoms with Crippen LogP contribution in [0, 0.1) is 6.92 Å². The summed E-state index contributed by atoms with van der Waals surface area (Å²) >= 11 is 1.62. The van der Waals surface area contributed by atoms with Gasteiger partial charge in [-0.1, -0.05) is 30.3 Å². The lowest BCUT2D eigenvalue weighted by Gasteiger charge is -2.27. The van der Waals surface area contributed by atoms with Gasteiger partial charge in [0.25, 0.3) is 0 Å². The van der Waals surface area contributed by atoms with E-state index in [2.05, 4.69) is 6.58 Å². The zero-order valence-corrected chi connectivity index (χ0v) is 22.5. The normalized spacial score (nSPS) is 11.3. The molecule has 1 amide bonds. The Morgan fingerprint density at radius 2 is 1.75 bits per heavy atom. The van der Waals surface area contributed by atoms with Gasteiger partial charge in [0.2, 0.25) is 15.9 Å². The lowest BCUT2D eigenvalue weighted by Crippen LogP contribution is -2.43. The third-order valence-corrected chi connectivity index (χ3v) is 8.45. The lowest BCUT2D eigenvalue weighted by molar-refractivity contribution is -0.131. The van der Waals surface area contributed by atoms with Crippen molar-refractivity contribution in [2.75, 3.05) is 33.9 Å². The van der Waals surface area contributed by atoms with Crippen LogP contribution < -0.4 is 9.47 Å². The fourth-order valence-electron chi connectivity index (χ4n) is 3.73. The van der Waals surface area contributed by atoms with Crippen LogP contribution >= 0.6 is 11.3 Å². The number of ether oxygens (including phenoxy) is 2. The van der Waals surface area contributed by atoms with Crippen LogP contribution in [0.1, 0.15) is 15.3 Å². The highest BCUT2D eigenvalue weighted by Gasteiger charge is 2.28.